The fourth-order valence-electron chi connectivity index (χ4n) is 4.85. The molecular weight excluding hydrogens is 384 g/mol. The average molecular weight is 409 g/mol. The van der Waals surface area contributed by atoms with Crippen molar-refractivity contribution in [1.29, 1.82) is 0 Å². The van der Waals surface area contributed by atoms with Crippen LogP contribution in [0.5, 0.6) is 0 Å². The first kappa shape index (κ1) is 19.3. The normalized spacial score (nSPS) is 20.4. The fourth-order valence-corrected chi connectivity index (χ4v) is 4.85. The summed E-state index contributed by atoms with van der Waals surface area (Å²) in [5.41, 5.74) is 5.36. The van der Waals surface area contributed by atoms with Gasteiger partial charge in [-0.25, -0.2) is 0 Å². The molecule has 1 amide bonds. The first-order valence-electron chi connectivity index (χ1n) is 10.7. The number of nitrogens with zero attached hydrogens (tertiary/aromatic N) is 1. The molecule has 1 heterocycles. The van der Waals surface area contributed by atoms with Gasteiger partial charge in [0.05, 0.1) is 17.4 Å². The molecule has 1 aliphatic carbocycles. The average Bonchev–Trinajstić information content (AvgIpc) is 2.95. The summed E-state index contributed by atoms with van der Waals surface area (Å²) in [5, 5.41) is 3.54. The van der Waals surface area contributed by atoms with Crippen LogP contribution in [0.25, 0.3) is 0 Å². The Morgan fingerprint density at radius 1 is 0.839 bits per heavy atom. The van der Waals surface area contributed by atoms with Gasteiger partial charge in [0, 0.05) is 24.6 Å². The summed E-state index contributed by atoms with van der Waals surface area (Å²) in [4.78, 5) is 28.3. The largest absolute Gasteiger partial charge is 0.357 e. The minimum Gasteiger partial charge on any atom is -0.357 e. The fraction of sp³-hybridized carbons (Fsp3) is 0.185. The lowest BCUT2D eigenvalue weighted by atomic mass is 9.78. The first-order valence-corrected chi connectivity index (χ1v) is 10.7. The van der Waals surface area contributed by atoms with Crippen molar-refractivity contribution in [2.45, 2.75) is 31.7 Å². The number of hydrogen-bond donors (Lipinski definition) is 1. The number of amides is 1. The predicted octanol–water partition coefficient (Wildman–Crippen LogP) is 5.61. The molecule has 154 valence electrons. The van der Waals surface area contributed by atoms with Crippen LogP contribution in [0, 0.1) is 0 Å². The van der Waals surface area contributed by atoms with E-state index < -0.39 is 6.04 Å². The Hall–Kier alpha value is -3.66. The standard InChI is InChI=1S/C27H24N2O2/c1-18(30)29-24-15-9-8-14-22(24)28-23-16-21(19-10-4-2-5-11-19)17-25(31)26(23)27(29)20-12-6-3-7-13-20/h2-15,21,27-28H,16-17H2,1H3/t21-,27+/m0/s1. The number of Topliss-reactive ketones (excluding diaryl/α,β-unsaturated/α-hetero) is 1. The molecule has 2 atom stereocenters. The van der Waals surface area contributed by atoms with Crippen LogP contribution in [0.4, 0.5) is 11.4 Å². The number of carbonyl (C=O) groups is 2. The highest BCUT2D eigenvalue weighted by Crippen LogP contribution is 2.47. The Bertz CT molecular complexity index is 1170. The molecule has 3 aromatic rings. The van der Waals surface area contributed by atoms with E-state index in [4.69, 9.17) is 0 Å². The van der Waals surface area contributed by atoms with Crippen molar-refractivity contribution in [2.24, 2.45) is 0 Å². The Labute approximate surface area is 182 Å². The predicted molar refractivity (Wildman–Crippen MR) is 123 cm³/mol. The Morgan fingerprint density at radius 2 is 1.45 bits per heavy atom. The molecule has 3 aromatic carbocycles. The molecule has 0 saturated heterocycles. The molecule has 5 rings (SSSR count). The molecule has 1 N–H and O–H groups in total. The van der Waals surface area contributed by atoms with Gasteiger partial charge >= 0.3 is 0 Å². The zero-order valence-electron chi connectivity index (χ0n) is 17.4. The molecule has 31 heavy (non-hydrogen) atoms. The van der Waals surface area contributed by atoms with Gasteiger partial charge in [-0.2, -0.15) is 0 Å². The summed E-state index contributed by atoms with van der Waals surface area (Å²) >= 11 is 0. The molecule has 2 aliphatic rings. The van der Waals surface area contributed by atoms with Crippen LogP contribution < -0.4 is 10.2 Å². The van der Waals surface area contributed by atoms with Crippen LogP contribution in [-0.2, 0) is 9.59 Å². The SMILES string of the molecule is CC(=O)N1c2ccccc2NC2=C(C(=O)C[C@@H](c3ccccc3)C2)[C@H]1c1ccccc1. The lowest BCUT2D eigenvalue weighted by molar-refractivity contribution is -0.117. The maximum absolute atomic E-state index is 13.6. The van der Waals surface area contributed by atoms with Gasteiger partial charge in [0.15, 0.2) is 5.78 Å². The van der Waals surface area contributed by atoms with Crippen molar-refractivity contribution in [3.05, 3.63) is 107 Å². The Balaban J connectivity index is 1.71. The van der Waals surface area contributed by atoms with Crippen molar-refractivity contribution in [3.63, 3.8) is 0 Å². The van der Waals surface area contributed by atoms with E-state index in [-0.39, 0.29) is 17.6 Å². The molecule has 4 nitrogen and oxygen atoms in total. The highest BCUT2D eigenvalue weighted by Gasteiger charge is 2.40. The van der Waals surface area contributed by atoms with Gasteiger partial charge in [-0.1, -0.05) is 72.8 Å². The summed E-state index contributed by atoms with van der Waals surface area (Å²) in [6.45, 7) is 1.57. The summed E-state index contributed by atoms with van der Waals surface area (Å²) in [6.07, 6.45) is 1.17. The number of fused-ring (bicyclic) bond motifs is 1. The molecule has 0 bridgehead atoms. The molecule has 4 heteroatoms. The summed E-state index contributed by atoms with van der Waals surface area (Å²) < 4.78 is 0. The number of anilines is 2. The Kier molecular flexibility index (Phi) is 4.91. The van der Waals surface area contributed by atoms with Gasteiger partial charge in [-0.15, -0.1) is 0 Å². The number of ketones is 1. The number of nitrogens with one attached hydrogen (secondary N) is 1. The van der Waals surface area contributed by atoms with Gasteiger partial charge in [0.2, 0.25) is 5.91 Å². The molecule has 1 aliphatic heterocycles. The van der Waals surface area contributed by atoms with Gasteiger partial charge in [0.1, 0.15) is 0 Å². The maximum Gasteiger partial charge on any atom is 0.224 e. The van der Waals surface area contributed by atoms with Crippen molar-refractivity contribution in [2.75, 3.05) is 10.2 Å². The van der Waals surface area contributed by atoms with Crippen LogP contribution in [0.3, 0.4) is 0 Å². The van der Waals surface area contributed by atoms with Gasteiger partial charge in [-0.3, -0.25) is 14.5 Å². The molecule has 0 saturated carbocycles. The topological polar surface area (TPSA) is 49.4 Å². The van der Waals surface area contributed by atoms with Gasteiger partial charge in [0.25, 0.3) is 0 Å². The van der Waals surface area contributed by atoms with E-state index in [2.05, 4.69) is 17.4 Å². The number of para-hydroxylation sites is 2. The van der Waals surface area contributed by atoms with E-state index >= 15 is 0 Å². The summed E-state index contributed by atoms with van der Waals surface area (Å²) in [6, 6.07) is 27.4. The van der Waals surface area contributed by atoms with E-state index in [1.807, 2.05) is 72.8 Å². The van der Waals surface area contributed by atoms with Crippen LogP contribution in [0.15, 0.2) is 96.2 Å². The van der Waals surface area contributed by atoms with Crippen molar-refractivity contribution >= 4 is 23.1 Å². The summed E-state index contributed by atoms with van der Waals surface area (Å²) in [5.74, 6) is 0.123. The third-order valence-corrected chi connectivity index (χ3v) is 6.21. The van der Waals surface area contributed by atoms with Gasteiger partial charge < -0.3 is 5.32 Å². The van der Waals surface area contributed by atoms with Gasteiger partial charge in [-0.05, 0) is 35.6 Å². The van der Waals surface area contributed by atoms with Crippen LogP contribution >= 0.6 is 0 Å². The lowest BCUT2D eigenvalue weighted by Gasteiger charge is -2.34. The second kappa shape index (κ2) is 7.88. The number of allylic oxidation sites excluding steroid dienone is 1. The lowest BCUT2D eigenvalue weighted by Crippen LogP contribution is -2.37. The minimum absolute atomic E-state index is 0.0881. The second-order valence-electron chi connectivity index (χ2n) is 8.18. The first-order chi connectivity index (χ1) is 15.1. The third kappa shape index (κ3) is 3.44. The molecular formula is C27H24N2O2. The van der Waals surface area contributed by atoms with E-state index in [1.165, 1.54) is 5.56 Å². The van der Waals surface area contributed by atoms with Crippen molar-refractivity contribution in [1.82, 2.24) is 0 Å². The van der Waals surface area contributed by atoms with Crippen molar-refractivity contribution < 1.29 is 9.59 Å². The van der Waals surface area contributed by atoms with Crippen LogP contribution in [0.2, 0.25) is 0 Å². The third-order valence-electron chi connectivity index (χ3n) is 6.21. The molecule has 0 fully saturated rings. The monoisotopic (exact) mass is 408 g/mol. The number of hydrogen-bond acceptors (Lipinski definition) is 3. The quantitative estimate of drug-likeness (QED) is 0.600. The maximum atomic E-state index is 13.6. The highest BCUT2D eigenvalue weighted by molar-refractivity contribution is 6.05. The minimum atomic E-state index is -0.450. The molecule has 0 aromatic heterocycles. The van der Waals surface area contributed by atoms with E-state index in [0.717, 1.165) is 29.1 Å². The highest BCUT2D eigenvalue weighted by atomic mass is 16.2. The number of carbonyl (C=O) groups excluding carboxylic acids is 2. The summed E-state index contributed by atoms with van der Waals surface area (Å²) in [7, 11) is 0. The smallest absolute Gasteiger partial charge is 0.224 e. The molecule has 0 spiro atoms. The number of benzene rings is 3. The van der Waals surface area contributed by atoms with E-state index in [9.17, 15) is 9.59 Å². The zero-order chi connectivity index (χ0) is 21.4. The Morgan fingerprint density at radius 3 is 2.13 bits per heavy atom. The van der Waals surface area contributed by atoms with Crippen LogP contribution in [-0.4, -0.2) is 11.7 Å². The van der Waals surface area contributed by atoms with Crippen LogP contribution in [0.1, 0.15) is 42.9 Å². The zero-order valence-corrected chi connectivity index (χ0v) is 17.4. The molecule has 0 radical (unpaired) electrons. The van der Waals surface area contributed by atoms with Crippen molar-refractivity contribution in [3.8, 4) is 0 Å². The van der Waals surface area contributed by atoms with E-state index in [1.54, 1.807) is 11.8 Å². The second-order valence-corrected chi connectivity index (χ2v) is 8.18. The number of rotatable bonds is 2. The van der Waals surface area contributed by atoms with E-state index in [0.29, 0.717) is 12.0 Å². The molecule has 0 unspecified atom stereocenters.